The lowest BCUT2D eigenvalue weighted by atomic mass is 10.0. The summed E-state index contributed by atoms with van der Waals surface area (Å²) < 4.78 is 74.6. The average Bonchev–Trinajstić information content (AvgIpc) is 3.40. The average molecular weight is 629 g/mol. The first kappa shape index (κ1) is 30.1. The van der Waals surface area contributed by atoms with Crippen molar-refractivity contribution in [2.24, 2.45) is 0 Å². The molecule has 0 aliphatic rings. The van der Waals surface area contributed by atoms with Crippen molar-refractivity contribution in [1.29, 1.82) is 0 Å². The Morgan fingerprint density at radius 3 is 2.26 bits per heavy atom. The molecule has 222 valence electrons. The third-order valence-corrected chi connectivity index (χ3v) is 8.69. The van der Waals surface area contributed by atoms with Crippen LogP contribution in [0, 0.1) is 0 Å². The lowest BCUT2D eigenvalue weighted by Crippen LogP contribution is -2.16. The molecular weight excluding hydrogens is 605 g/mol. The molecular formula is C30H24ClF3N4O4S. The summed E-state index contributed by atoms with van der Waals surface area (Å²) >= 11 is 5.89. The van der Waals surface area contributed by atoms with Crippen molar-refractivity contribution in [3.05, 3.63) is 101 Å². The smallest absolute Gasteiger partial charge is 0.433 e. The minimum absolute atomic E-state index is 0.00223. The molecule has 0 fully saturated rings. The van der Waals surface area contributed by atoms with E-state index in [1.165, 1.54) is 49.6 Å². The fraction of sp³-hybridized carbons (Fsp3) is 0.167. The molecule has 43 heavy (non-hydrogen) atoms. The number of ether oxygens (including phenoxy) is 1. The standard InChI is InChI=1S/C30H24ClF3N4O4S/c1-17(2)18-4-6-19(7-5-18)26-15-27(30(32,33)34)38-28(37-26)25(16-35-38)29(39)36-21-12-22(42-3)14-24(13-21)43(40,41)23-10-8-20(31)9-11-23/h4-17H,1-3H3,(H,36,39). The van der Waals surface area contributed by atoms with Gasteiger partial charge in [0.2, 0.25) is 9.84 Å². The maximum atomic E-state index is 14.1. The molecule has 1 amide bonds. The van der Waals surface area contributed by atoms with Crippen LogP contribution in [0.3, 0.4) is 0 Å². The maximum Gasteiger partial charge on any atom is 0.433 e. The van der Waals surface area contributed by atoms with Crippen LogP contribution in [0.5, 0.6) is 5.75 Å². The molecule has 1 N–H and O–H groups in total. The molecule has 0 spiro atoms. The predicted octanol–water partition coefficient (Wildman–Crippen LogP) is 7.29. The number of rotatable bonds is 7. The summed E-state index contributed by atoms with van der Waals surface area (Å²) in [5, 5.41) is 6.69. The maximum absolute atomic E-state index is 14.1. The number of halogens is 4. The number of methoxy groups -OCH3 is 1. The van der Waals surface area contributed by atoms with Crippen LogP contribution >= 0.6 is 11.6 Å². The summed E-state index contributed by atoms with van der Waals surface area (Å²) in [4.78, 5) is 17.5. The summed E-state index contributed by atoms with van der Waals surface area (Å²) in [7, 11) is -2.72. The number of fused-ring (bicyclic) bond motifs is 1. The third kappa shape index (κ3) is 6.06. The number of carbonyl (C=O) groups is 1. The van der Waals surface area contributed by atoms with Gasteiger partial charge in [0.15, 0.2) is 11.3 Å². The zero-order chi connectivity index (χ0) is 31.1. The van der Waals surface area contributed by atoms with E-state index in [-0.39, 0.29) is 44.1 Å². The van der Waals surface area contributed by atoms with Gasteiger partial charge in [-0.05, 0) is 53.9 Å². The Labute approximate surface area is 250 Å². The Balaban J connectivity index is 1.56. The Hall–Kier alpha value is -4.42. The second-order valence-electron chi connectivity index (χ2n) is 9.90. The summed E-state index contributed by atoms with van der Waals surface area (Å²) in [6.45, 7) is 3.99. The Morgan fingerprint density at radius 1 is 0.977 bits per heavy atom. The SMILES string of the molecule is COc1cc(NC(=O)c2cnn3c(C(F)(F)F)cc(-c4ccc(C(C)C)cc4)nc23)cc(S(=O)(=O)c2ccc(Cl)cc2)c1. The van der Waals surface area contributed by atoms with Gasteiger partial charge in [0.05, 0.1) is 28.8 Å². The zero-order valence-electron chi connectivity index (χ0n) is 23.0. The number of anilines is 1. The van der Waals surface area contributed by atoms with Crippen molar-refractivity contribution in [3.63, 3.8) is 0 Å². The Kier molecular flexibility index (Phi) is 7.93. The van der Waals surface area contributed by atoms with E-state index in [0.717, 1.165) is 17.8 Å². The lowest BCUT2D eigenvalue weighted by molar-refractivity contribution is -0.142. The van der Waals surface area contributed by atoms with Crippen LogP contribution in [-0.2, 0) is 16.0 Å². The second kappa shape index (κ2) is 11.3. The molecule has 0 aliphatic heterocycles. The highest BCUT2D eigenvalue weighted by atomic mass is 35.5. The van der Waals surface area contributed by atoms with Crippen molar-refractivity contribution < 1.29 is 31.1 Å². The minimum atomic E-state index is -4.80. The molecule has 0 radical (unpaired) electrons. The van der Waals surface area contributed by atoms with Gasteiger partial charge in [-0.25, -0.2) is 17.9 Å². The van der Waals surface area contributed by atoms with Crippen LogP contribution in [0.1, 0.15) is 41.4 Å². The molecule has 2 heterocycles. The molecule has 5 aromatic rings. The number of alkyl halides is 3. The topological polar surface area (TPSA) is 103 Å². The van der Waals surface area contributed by atoms with Crippen LogP contribution in [0.4, 0.5) is 18.9 Å². The van der Waals surface area contributed by atoms with E-state index in [1.54, 1.807) is 12.1 Å². The number of amides is 1. The number of nitrogens with zero attached hydrogens (tertiary/aromatic N) is 3. The van der Waals surface area contributed by atoms with Gasteiger partial charge in [0.1, 0.15) is 11.3 Å². The van der Waals surface area contributed by atoms with E-state index in [9.17, 15) is 26.4 Å². The summed E-state index contributed by atoms with van der Waals surface area (Å²) in [5.74, 6) is -0.514. The molecule has 0 aliphatic carbocycles. The normalized spacial score (nSPS) is 12.1. The number of benzene rings is 3. The number of sulfone groups is 1. The molecule has 0 saturated carbocycles. The third-order valence-electron chi connectivity index (χ3n) is 6.69. The molecule has 5 rings (SSSR count). The molecule has 3 aromatic carbocycles. The van der Waals surface area contributed by atoms with Crippen LogP contribution in [0.2, 0.25) is 5.02 Å². The number of hydrogen-bond acceptors (Lipinski definition) is 6. The van der Waals surface area contributed by atoms with Crippen molar-refractivity contribution in [2.75, 3.05) is 12.4 Å². The molecule has 13 heteroatoms. The summed E-state index contributed by atoms with van der Waals surface area (Å²) in [5.41, 5.74) is -0.244. The molecule has 2 aromatic heterocycles. The van der Waals surface area contributed by atoms with E-state index in [4.69, 9.17) is 16.3 Å². The number of aromatic nitrogens is 3. The van der Waals surface area contributed by atoms with Crippen LogP contribution in [-0.4, -0.2) is 36.0 Å². The van der Waals surface area contributed by atoms with Crippen LogP contribution in [0.15, 0.2) is 88.8 Å². The van der Waals surface area contributed by atoms with E-state index in [0.29, 0.717) is 15.1 Å². The Morgan fingerprint density at radius 2 is 1.65 bits per heavy atom. The van der Waals surface area contributed by atoms with Gasteiger partial charge in [-0.1, -0.05) is 49.7 Å². The van der Waals surface area contributed by atoms with Gasteiger partial charge in [-0.15, -0.1) is 0 Å². The van der Waals surface area contributed by atoms with Crippen molar-refractivity contribution in [3.8, 4) is 17.0 Å². The largest absolute Gasteiger partial charge is 0.497 e. The van der Waals surface area contributed by atoms with E-state index < -0.39 is 27.6 Å². The molecule has 0 atom stereocenters. The van der Waals surface area contributed by atoms with Crippen LogP contribution < -0.4 is 10.1 Å². The first-order chi connectivity index (χ1) is 20.3. The first-order valence-electron chi connectivity index (χ1n) is 12.9. The molecule has 0 saturated heterocycles. The van der Waals surface area contributed by atoms with Crippen LogP contribution in [0.25, 0.3) is 16.9 Å². The fourth-order valence-electron chi connectivity index (χ4n) is 4.38. The van der Waals surface area contributed by atoms with Gasteiger partial charge < -0.3 is 10.1 Å². The zero-order valence-corrected chi connectivity index (χ0v) is 24.6. The van der Waals surface area contributed by atoms with Gasteiger partial charge in [0, 0.05) is 22.3 Å². The number of hydrogen-bond donors (Lipinski definition) is 1. The monoisotopic (exact) mass is 628 g/mol. The molecule has 0 bridgehead atoms. The van der Waals surface area contributed by atoms with E-state index in [2.05, 4.69) is 15.4 Å². The summed E-state index contributed by atoms with van der Waals surface area (Å²) in [6, 6.07) is 17.2. The quantitative estimate of drug-likeness (QED) is 0.203. The first-order valence-corrected chi connectivity index (χ1v) is 14.7. The Bertz CT molecular complexity index is 1940. The van der Waals surface area contributed by atoms with Gasteiger partial charge >= 0.3 is 6.18 Å². The van der Waals surface area contributed by atoms with Crippen molar-refractivity contribution in [2.45, 2.75) is 35.7 Å². The lowest BCUT2D eigenvalue weighted by Gasteiger charge is -2.13. The van der Waals surface area contributed by atoms with Gasteiger partial charge in [-0.2, -0.15) is 18.3 Å². The highest BCUT2D eigenvalue weighted by molar-refractivity contribution is 7.91. The van der Waals surface area contributed by atoms with Gasteiger partial charge in [0.25, 0.3) is 5.91 Å². The molecule has 8 nitrogen and oxygen atoms in total. The highest BCUT2D eigenvalue weighted by Gasteiger charge is 2.36. The van der Waals surface area contributed by atoms with E-state index >= 15 is 0 Å². The predicted molar refractivity (Wildman–Crippen MR) is 155 cm³/mol. The van der Waals surface area contributed by atoms with Gasteiger partial charge in [-0.3, -0.25) is 4.79 Å². The number of nitrogens with one attached hydrogen (secondary N) is 1. The summed E-state index contributed by atoms with van der Waals surface area (Å²) in [6.07, 6.45) is -3.82. The second-order valence-corrected chi connectivity index (χ2v) is 12.3. The highest BCUT2D eigenvalue weighted by Crippen LogP contribution is 2.34. The van der Waals surface area contributed by atoms with Crippen molar-refractivity contribution >= 4 is 38.7 Å². The minimum Gasteiger partial charge on any atom is -0.497 e. The molecule has 0 unspecified atom stereocenters. The fourth-order valence-corrected chi connectivity index (χ4v) is 5.82. The van der Waals surface area contributed by atoms with E-state index in [1.807, 2.05) is 26.0 Å². The number of carbonyl (C=O) groups excluding carboxylic acids is 1. The van der Waals surface area contributed by atoms with Crippen molar-refractivity contribution in [1.82, 2.24) is 14.6 Å².